The molecule has 0 bridgehead atoms. The van der Waals surface area contributed by atoms with E-state index in [1.807, 2.05) is 24.3 Å². The van der Waals surface area contributed by atoms with Gasteiger partial charge < -0.3 is 9.64 Å². The Morgan fingerprint density at radius 3 is 2.54 bits per heavy atom. The summed E-state index contributed by atoms with van der Waals surface area (Å²) in [7, 11) is -4.09. The molecule has 0 N–H and O–H groups in total. The van der Waals surface area contributed by atoms with Gasteiger partial charge in [-0.05, 0) is 25.0 Å². The van der Waals surface area contributed by atoms with Crippen LogP contribution >= 0.6 is 11.6 Å². The monoisotopic (exact) mass is 428 g/mol. The zero-order valence-corrected chi connectivity index (χ0v) is 16.5. The Labute approximate surface area is 167 Å². The summed E-state index contributed by atoms with van der Waals surface area (Å²) in [5.74, 6) is -2.12. The number of halogens is 3. The van der Waals surface area contributed by atoms with Crippen LogP contribution in [0.25, 0.3) is 0 Å². The van der Waals surface area contributed by atoms with Crippen LogP contribution in [0.2, 0.25) is 5.02 Å². The highest BCUT2D eigenvalue weighted by Crippen LogP contribution is 2.32. The highest BCUT2D eigenvalue weighted by Gasteiger charge is 2.35. The molecular formula is C19H19ClF2N2O3S. The van der Waals surface area contributed by atoms with Crippen molar-refractivity contribution < 1.29 is 21.9 Å². The van der Waals surface area contributed by atoms with E-state index in [1.54, 1.807) is 0 Å². The van der Waals surface area contributed by atoms with Crippen molar-refractivity contribution in [2.75, 3.05) is 24.7 Å². The minimum absolute atomic E-state index is 0.120. The van der Waals surface area contributed by atoms with Crippen molar-refractivity contribution in [2.24, 2.45) is 0 Å². The fourth-order valence-electron chi connectivity index (χ4n) is 3.77. The molecule has 2 heterocycles. The minimum atomic E-state index is -4.09. The molecule has 0 radical (unpaired) electrons. The Bertz CT molecular complexity index is 995. The average Bonchev–Trinajstić information content (AvgIpc) is 2.70. The Kier molecular flexibility index (Phi) is 5.30. The van der Waals surface area contributed by atoms with Gasteiger partial charge in [-0.3, -0.25) is 0 Å². The first-order valence-corrected chi connectivity index (χ1v) is 10.8. The normalized spacial score (nSPS) is 18.9. The van der Waals surface area contributed by atoms with Crippen LogP contribution in [-0.2, 0) is 21.4 Å². The lowest BCUT2D eigenvalue weighted by atomic mass is 10.0. The van der Waals surface area contributed by atoms with Crippen molar-refractivity contribution in [2.45, 2.75) is 30.4 Å². The van der Waals surface area contributed by atoms with E-state index in [4.69, 9.17) is 16.3 Å². The second-order valence-electron chi connectivity index (χ2n) is 6.91. The molecule has 0 atom stereocenters. The first-order valence-electron chi connectivity index (χ1n) is 8.95. The van der Waals surface area contributed by atoms with Gasteiger partial charge >= 0.3 is 0 Å². The maximum Gasteiger partial charge on any atom is 0.246 e. The van der Waals surface area contributed by atoms with Crippen molar-refractivity contribution in [3.05, 3.63) is 58.6 Å². The Hall–Kier alpha value is -1.74. The topological polar surface area (TPSA) is 49.9 Å². The van der Waals surface area contributed by atoms with E-state index in [2.05, 4.69) is 4.90 Å². The predicted molar refractivity (Wildman–Crippen MR) is 102 cm³/mol. The van der Waals surface area contributed by atoms with Crippen molar-refractivity contribution in [3.63, 3.8) is 0 Å². The van der Waals surface area contributed by atoms with Gasteiger partial charge in [0.05, 0.1) is 11.6 Å². The van der Waals surface area contributed by atoms with E-state index in [0.717, 1.165) is 17.3 Å². The zero-order chi connectivity index (χ0) is 19.9. The summed E-state index contributed by atoms with van der Waals surface area (Å²) in [5.41, 5.74) is 2.21. The minimum Gasteiger partial charge on any atom is -0.356 e. The highest BCUT2D eigenvalue weighted by atomic mass is 35.5. The maximum atomic E-state index is 14.1. The molecule has 1 fully saturated rings. The van der Waals surface area contributed by atoms with Gasteiger partial charge in [-0.1, -0.05) is 29.8 Å². The summed E-state index contributed by atoms with van der Waals surface area (Å²) >= 11 is 5.66. The molecule has 0 saturated carbocycles. The third kappa shape index (κ3) is 3.50. The highest BCUT2D eigenvalue weighted by molar-refractivity contribution is 7.89. The first kappa shape index (κ1) is 19.6. The third-order valence-electron chi connectivity index (χ3n) is 5.25. The van der Waals surface area contributed by atoms with Gasteiger partial charge in [0.25, 0.3) is 0 Å². The van der Waals surface area contributed by atoms with Gasteiger partial charge in [0.15, 0.2) is 0 Å². The fraction of sp³-hybridized carbons (Fsp3) is 0.368. The second kappa shape index (κ2) is 7.59. The molecule has 2 aliphatic heterocycles. The van der Waals surface area contributed by atoms with Crippen LogP contribution in [0.4, 0.5) is 14.5 Å². The van der Waals surface area contributed by atoms with Crippen molar-refractivity contribution in [1.82, 2.24) is 4.31 Å². The SMILES string of the molecule is O=S(=O)(c1cc(Cl)c(F)cc1F)N1CCC(N2COCc3ccccc32)CC1. The van der Waals surface area contributed by atoms with Gasteiger partial charge in [-0.25, -0.2) is 17.2 Å². The molecule has 0 amide bonds. The van der Waals surface area contributed by atoms with E-state index in [-0.39, 0.29) is 19.1 Å². The smallest absolute Gasteiger partial charge is 0.246 e. The molecule has 0 unspecified atom stereocenters. The molecule has 5 nitrogen and oxygen atoms in total. The number of rotatable bonds is 3. The summed E-state index contributed by atoms with van der Waals surface area (Å²) in [6.45, 7) is 1.49. The fourth-order valence-corrected chi connectivity index (χ4v) is 5.54. The van der Waals surface area contributed by atoms with Gasteiger partial charge in [0.2, 0.25) is 10.0 Å². The summed E-state index contributed by atoms with van der Waals surface area (Å²) in [5, 5.41) is -0.420. The number of para-hydroxylation sites is 1. The van der Waals surface area contributed by atoms with Crippen LogP contribution in [0.3, 0.4) is 0 Å². The van der Waals surface area contributed by atoms with Crippen LogP contribution < -0.4 is 4.90 Å². The van der Waals surface area contributed by atoms with Gasteiger partial charge in [0, 0.05) is 36.4 Å². The van der Waals surface area contributed by atoms with Gasteiger partial charge in [-0.2, -0.15) is 4.31 Å². The Morgan fingerprint density at radius 2 is 1.79 bits per heavy atom. The van der Waals surface area contributed by atoms with Crippen LogP contribution in [-0.4, -0.2) is 38.6 Å². The van der Waals surface area contributed by atoms with Crippen molar-refractivity contribution in [3.8, 4) is 0 Å². The lowest BCUT2D eigenvalue weighted by Gasteiger charge is -2.41. The number of hydrogen-bond acceptors (Lipinski definition) is 4. The summed E-state index contributed by atoms with van der Waals surface area (Å²) in [4.78, 5) is 1.56. The predicted octanol–water partition coefficient (Wildman–Crippen LogP) is 3.77. The van der Waals surface area contributed by atoms with Crippen LogP contribution in [0.1, 0.15) is 18.4 Å². The van der Waals surface area contributed by atoms with Crippen LogP contribution in [0, 0.1) is 11.6 Å². The summed E-state index contributed by atoms with van der Waals surface area (Å²) in [6.07, 6.45) is 1.15. The molecule has 9 heteroatoms. The number of anilines is 1. The van der Waals surface area contributed by atoms with E-state index in [1.165, 1.54) is 4.31 Å². The standard InChI is InChI=1S/C19H19ClF2N2O3S/c20-15-9-19(17(22)10-16(15)21)28(25,26)23-7-5-14(6-8-23)24-12-27-11-13-3-1-2-4-18(13)24/h1-4,9-10,14H,5-8,11-12H2. The number of benzene rings is 2. The van der Waals surface area contributed by atoms with E-state index >= 15 is 0 Å². The van der Waals surface area contributed by atoms with E-state index < -0.39 is 31.6 Å². The number of ether oxygens (including phenoxy) is 1. The van der Waals surface area contributed by atoms with Gasteiger partial charge in [-0.15, -0.1) is 0 Å². The lowest BCUT2D eigenvalue weighted by Crippen LogP contribution is -2.48. The van der Waals surface area contributed by atoms with Crippen LogP contribution in [0.5, 0.6) is 0 Å². The Balaban J connectivity index is 1.51. The molecule has 1 saturated heterocycles. The lowest BCUT2D eigenvalue weighted by molar-refractivity contribution is 0.0988. The second-order valence-corrected chi connectivity index (χ2v) is 9.22. The number of fused-ring (bicyclic) bond motifs is 1. The number of nitrogens with zero attached hydrogens (tertiary/aromatic N) is 2. The van der Waals surface area contributed by atoms with E-state index in [9.17, 15) is 17.2 Å². The average molecular weight is 429 g/mol. The largest absolute Gasteiger partial charge is 0.356 e. The van der Waals surface area contributed by atoms with Crippen molar-refractivity contribution >= 4 is 27.3 Å². The summed E-state index contributed by atoms with van der Waals surface area (Å²) < 4.78 is 60.0. The Morgan fingerprint density at radius 1 is 1.07 bits per heavy atom. The molecule has 2 aromatic rings. The maximum absolute atomic E-state index is 14.1. The molecular weight excluding hydrogens is 410 g/mol. The van der Waals surface area contributed by atoms with Gasteiger partial charge in [0.1, 0.15) is 23.3 Å². The quantitative estimate of drug-likeness (QED) is 0.698. The number of piperidine rings is 1. The first-order chi connectivity index (χ1) is 13.4. The van der Waals surface area contributed by atoms with Crippen LogP contribution in [0.15, 0.2) is 41.3 Å². The summed E-state index contributed by atoms with van der Waals surface area (Å²) in [6, 6.07) is 9.45. The molecule has 0 aliphatic carbocycles. The molecule has 2 aliphatic rings. The zero-order valence-electron chi connectivity index (χ0n) is 14.9. The molecule has 4 rings (SSSR count). The molecule has 0 spiro atoms. The number of sulfonamides is 1. The molecule has 150 valence electrons. The molecule has 0 aromatic heterocycles. The number of hydrogen-bond donors (Lipinski definition) is 0. The molecule has 2 aromatic carbocycles. The van der Waals surface area contributed by atoms with Crippen molar-refractivity contribution in [1.29, 1.82) is 0 Å². The molecule has 28 heavy (non-hydrogen) atoms. The third-order valence-corrected chi connectivity index (χ3v) is 7.45. The van der Waals surface area contributed by atoms with E-state index in [0.29, 0.717) is 32.2 Å².